The quantitative estimate of drug-likeness (QED) is 0.905. The molecule has 1 aliphatic heterocycles. The number of aliphatic hydroxyl groups is 1. The van der Waals surface area contributed by atoms with Crippen LogP contribution in [0.2, 0.25) is 0 Å². The maximum Gasteiger partial charge on any atom is 0.259 e. The van der Waals surface area contributed by atoms with Crippen molar-refractivity contribution in [1.29, 1.82) is 0 Å². The van der Waals surface area contributed by atoms with Crippen LogP contribution < -0.4 is 4.74 Å². The number of carbonyl (C=O) groups excluding carboxylic acids is 1. The fourth-order valence-corrected chi connectivity index (χ4v) is 4.89. The largest absolute Gasteiger partial charge is 0.480 e. The maximum absolute atomic E-state index is 13.3. The van der Waals surface area contributed by atoms with Crippen LogP contribution >= 0.6 is 0 Å². The number of rotatable bonds is 3. The third-order valence-electron chi connectivity index (χ3n) is 6.21. The first-order chi connectivity index (χ1) is 13.1. The van der Waals surface area contributed by atoms with Crippen molar-refractivity contribution in [2.45, 2.75) is 43.7 Å². The molecule has 0 bridgehead atoms. The van der Waals surface area contributed by atoms with Crippen LogP contribution in [0.4, 0.5) is 0 Å². The molecule has 1 aromatic heterocycles. The highest BCUT2D eigenvalue weighted by Crippen LogP contribution is 2.47. The van der Waals surface area contributed by atoms with Gasteiger partial charge in [-0.2, -0.15) is 0 Å². The normalized spacial score (nSPS) is 27.7. The van der Waals surface area contributed by atoms with E-state index in [1.165, 1.54) is 7.11 Å². The molecule has 5 heteroatoms. The second-order valence-electron chi connectivity index (χ2n) is 7.56. The molecular formula is C22H26N2O3. The van der Waals surface area contributed by atoms with Gasteiger partial charge in [0.05, 0.1) is 12.7 Å². The van der Waals surface area contributed by atoms with Crippen molar-refractivity contribution in [2.24, 2.45) is 5.92 Å². The molecule has 0 radical (unpaired) electrons. The smallest absolute Gasteiger partial charge is 0.259 e. The molecule has 1 N–H and O–H groups in total. The molecule has 2 aliphatic rings. The van der Waals surface area contributed by atoms with Gasteiger partial charge in [0.15, 0.2) is 0 Å². The molecule has 1 saturated heterocycles. The Balaban J connectivity index is 1.67. The van der Waals surface area contributed by atoms with Gasteiger partial charge < -0.3 is 14.7 Å². The van der Waals surface area contributed by atoms with Crippen molar-refractivity contribution >= 4 is 5.91 Å². The van der Waals surface area contributed by atoms with Gasteiger partial charge in [-0.05, 0) is 37.0 Å². The number of nitrogens with zero attached hydrogens (tertiary/aromatic N) is 2. The zero-order chi connectivity index (χ0) is 18.9. The van der Waals surface area contributed by atoms with Crippen molar-refractivity contribution in [2.75, 3.05) is 13.7 Å². The molecule has 2 fully saturated rings. The van der Waals surface area contributed by atoms with Crippen LogP contribution in [-0.4, -0.2) is 40.6 Å². The lowest BCUT2D eigenvalue weighted by Crippen LogP contribution is -2.59. The topological polar surface area (TPSA) is 62.7 Å². The third-order valence-corrected chi connectivity index (χ3v) is 6.21. The van der Waals surface area contributed by atoms with Crippen molar-refractivity contribution in [3.8, 4) is 5.88 Å². The highest BCUT2D eigenvalue weighted by molar-refractivity contribution is 5.96. The average Bonchev–Trinajstić information content (AvgIpc) is 2.74. The van der Waals surface area contributed by atoms with Gasteiger partial charge in [0.2, 0.25) is 5.88 Å². The average molecular weight is 366 g/mol. The van der Waals surface area contributed by atoms with Gasteiger partial charge in [0.1, 0.15) is 5.56 Å². The van der Waals surface area contributed by atoms with Crippen molar-refractivity contribution < 1.29 is 14.6 Å². The third kappa shape index (κ3) is 3.10. The van der Waals surface area contributed by atoms with E-state index < -0.39 is 5.60 Å². The molecule has 1 aromatic carbocycles. The predicted molar refractivity (Wildman–Crippen MR) is 103 cm³/mol. The van der Waals surface area contributed by atoms with Crippen molar-refractivity contribution in [1.82, 2.24) is 9.88 Å². The number of aromatic nitrogens is 1. The first kappa shape index (κ1) is 18.0. The summed E-state index contributed by atoms with van der Waals surface area (Å²) in [6.45, 7) is 0.531. The Hall–Kier alpha value is -2.40. The minimum atomic E-state index is -0.873. The first-order valence-electron chi connectivity index (χ1n) is 9.73. The Morgan fingerprint density at radius 1 is 1.19 bits per heavy atom. The zero-order valence-electron chi connectivity index (χ0n) is 15.7. The van der Waals surface area contributed by atoms with E-state index >= 15 is 0 Å². The number of fused-ring (bicyclic) bond motifs is 1. The summed E-state index contributed by atoms with van der Waals surface area (Å²) in [7, 11) is 1.53. The molecule has 4 rings (SSSR count). The van der Waals surface area contributed by atoms with Gasteiger partial charge in [-0.1, -0.05) is 43.2 Å². The summed E-state index contributed by atoms with van der Waals surface area (Å²) in [5, 5.41) is 11.6. The number of benzene rings is 1. The van der Waals surface area contributed by atoms with Gasteiger partial charge in [0, 0.05) is 24.7 Å². The predicted octanol–water partition coefficient (Wildman–Crippen LogP) is 3.38. The highest BCUT2D eigenvalue weighted by Gasteiger charge is 2.50. The number of piperidine rings is 1. The van der Waals surface area contributed by atoms with E-state index in [1.54, 1.807) is 18.3 Å². The number of ether oxygens (including phenoxy) is 1. The number of hydrogen-bond donors (Lipinski definition) is 1. The number of amides is 1. The van der Waals surface area contributed by atoms with Gasteiger partial charge in [-0.3, -0.25) is 4.79 Å². The van der Waals surface area contributed by atoms with Gasteiger partial charge in [-0.15, -0.1) is 0 Å². The summed E-state index contributed by atoms with van der Waals surface area (Å²) in [5.74, 6) is 0.361. The van der Waals surface area contributed by atoms with Crippen LogP contribution in [0.15, 0.2) is 48.7 Å². The minimum absolute atomic E-state index is 0.0371. The SMILES string of the molecule is COc1ncccc1C(=O)N1CC[C@@](O)(c2ccccc2)[C@@H]2CCCCC21. The summed E-state index contributed by atoms with van der Waals surface area (Å²) >= 11 is 0. The molecule has 142 valence electrons. The Morgan fingerprint density at radius 2 is 1.96 bits per heavy atom. The molecule has 0 spiro atoms. The molecule has 2 heterocycles. The Kier molecular flexibility index (Phi) is 4.87. The van der Waals surface area contributed by atoms with Crippen LogP contribution in [0.1, 0.15) is 48.0 Å². The van der Waals surface area contributed by atoms with Crippen LogP contribution in [0, 0.1) is 5.92 Å². The van der Waals surface area contributed by atoms with E-state index in [9.17, 15) is 9.90 Å². The Labute approximate surface area is 160 Å². The van der Waals surface area contributed by atoms with Crippen LogP contribution in [0.3, 0.4) is 0 Å². The maximum atomic E-state index is 13.3. The minimum Gasteiger partial charge on any atom is -0.480 e. The monoisotopic (exact) mass is 366 g/mol. The van der Waals surface area contributed by atoms with Gasteiger partial charge in [-0.25, -0.2) is 4.98 Å². The molecule has 1 amide bonds. The van der Waals surface area contributed by atoms with Gasteiger partial charge in [0.25, 0.3) is 5.91 Å². The van der Waals surface area contributed by atoms with E-state index in [-0.39, 0.29) is 17.9 Å². The van der Waals surface area contributed by atoms with Crippen molar-refractivity contribution in [3.05, 3.63) is 59.8 Å². The molecule has 1 aliphatic carbocycles. The summed E-state index contributed by atoms with van der Waals surface area (Å²) < 4.78 is 5.30. The van der Waals surface area contributed by atoms with Gasteiger partial charge >= 0.3 is 0 Å². The number of likely N-dealkylation sites (tertiary alicyclic amines) is 1. The molecule has 1 saturated carbocycles. The second-order valence-corrected chi connectivity index (χ2v) is 7.56. The standard InChI is InChI=1S/C22H26N2O3/c1-27-20-17(10-7-14-23-20)21(25)24-15-13-22(26,16-8-3-2-4-9-16)18-11-5-6-12-19(18)24/h2-4,7-10,14,18-19,26H,5-6,11-13,15H2,1H3/t18-,19?,22-/m1/s1. The van der Waals surface area contributed by atoms with E-state index in [1.807, 2.05) is 35.2 Å². The number of hydrogen-bond acceptors (Lipinski definition) is 4. The lowest BCUT2D eigenvalue weighted by molar-refractivity contribution is -0.110. The van der Waals surface area contributed by atoms with Crippen LogP contribution in [0.5, 0.6) is 5.88 Å². The molecular weight excluding hydrogens is 340 g/mol. The zero-order valence-corrected chi connectivity index (χ0v) is 15.7. The fraction of sp³-hybridized carbons (Fsp3) is 0.455. The molecule has 27 heavy (non-hydrogen) atoms. The number of pyridine rings is 1. The summed E-state index contributed by atoms with van der Waals surface area (Å²) in [6, 6.07) is 13.5. The first-order valence-corrected chi connectivity index (χ1v) is 9.73. The molecule has 1 unspecified atom stereocenters. The number of carbonyl (C=O) groups is 1. The lowest BCUT2D eigenvalue weighted by Gasteiger charge is -2.52. The van der Waals surface area contributed by atoms with E-state index in [0.29, 0.717) is 24.4 Å². The van der Waals surface area contributed by atoms with E-state index in [2.05, 4.69) is 4.98 Å². The summed E-state index contributed by atoms with van der Waals surface area (Å²) in [6.07, 6.45) is 6.21. The summed E-state index contributed by atoms with van der Waals surface area (Å²) in [5.41, 5.74) is 0.588. The summed E-state index contributed by atoms with van der Waals surface area (Å²) in [4.78, 5) is 19.4. The fourth-order valence-electron chi connectivity index (χ4n) is 4.89. The second kappa shape index (κ2) is 7.31. The van der Waals surface area contributed by atoms with Crippen molar-refractivity contribution in [3.63, 3.8) is 0 Å². The lowest BCUT2D eigenvalue weighted by atomic mass is 9.66. The molecule has 3 atom stereocenters. The number of methoxy groups -OCH3 is 1. The Bertz CT molecular complexity index is 810. The molecule has 2 aromatic rings. The Morgan fingerprint density at radius 3 is 2.74 bits per heavy atom. The highest BCUT2D eigenvalue weighted by atomic mass is 16.5. The van der Waals surface area contributed by atoms with E-state index in [4.69, 9.17) is 4.74 Å². The van der Waals surface area contributed by atoms with E-state index in [0.717, 1.165) is 31.2 Å². The molecule has 5 nitrogen and oxygen atoms in total. The van der Waals surface area contributed by atoms with Crippen LogP contribution in [0.25, 0.3) is 0 Å². The van der Waals surface area contributed by atoms with Crippen LogP contribution in [-0.2, 0) is 5.60 Å².